The van der Waals surface area contributed by atoms with Crippen LogP contribution in [0.5, 0.6) is 5.19 Å². The third kappa shape index (κ3) is 3.87. The fourth-order valence-corrected chi connectivity index (χ4v) is 3.15. The highest BCUT2D eigenvalue weighted by molar-refractivity contribution is 7.13. The fourth-order valence-electron chi connectivity index (χ4n) is 2.44. The van der Waals surface area contributed by atoms with Crippen LogP contribution in [0.15, 0.2) is 0 Å². The standard InChI is InChI=1S/C13H21N3O2S/c1-17-10-3-2-4-11(7-10)18-13-16-15-12(19-13)8-14-9-5-6-9/h9-11,14H,2-8H2,1H3. The first kappa shape index (κ1) is 13.3. The number of hydrogen-bond acceptors (Lipinski definition) is 6. The van der Waals surface area contributed by atoms with Gasteiger partial charge in [0.15, 0.2) is 0 Å². The van der Waals surface area contributed by atoms with E-state index in [1.54, 1.807) is 18.4 Å². The molecule has 5 nitrogen and oxygen atoms in total. The Kier molecular flexibility index (Phi) is 4.30. The van der Waals surface area contributed by atoms with Crippen molar-refractivity contribution < 1.29 is 9.47 Å². The van der Waals surface area contributed by atoms with Gasteiger partial charge in [0.25, 0.3) is 5.19 Å². The minimum Gasteiger partial charge on any atom is -0.466 e. The van der Waals surface area contributed by atoms with E-state index in [4.69, 9.17) is 9.47 Å². The highest BCUT2D eigenvalue weighted by Crippen LogP contribution is 2.27. The van der Waals surface area contributed by atoms with E-state index in [-0.39, 0.29) is 6.10 Å². The van der Waals surface area contributed by atoms with Crippen LogP contribution in [0.4, 0.5) is 0 Å². The summed E-state index contributed by atoms with van der Waals surface area (Å²) in [5.41, 5.74) is 0. The zero-order valence-electron chi connectivity index (χ0n) is 11.3. The predicted octanol–water partition coefficient (Wildman–Crippen LogP) is 2.13. The molecule has 2 aliphatic carbocycles. The van der Waals surface area contributed by atoms with Gasteiger partial charge in [-0.2, -0.15) is 0 Å². The monoisotopic (exact) mass is 283 g/mol. The van der Waals surface area contributed by atoms with Gasteiger partial charge in [-0.05, 0) is 32.1 Å². The molecule has 6 heteroatoms. The topological polar surface area (TPSA) is 56.3 Å². The molecule has 19 heavy (non-hydrogen) atoms. The maximum atomic E-state index is 5.93. The lowest BCUT2D eigenvalue weighted by Crippen LogP contribution is -2.29. The van der Waals surface area contributed by atoms with Crippen molar-refractivity contribution in [2.75, 3.05) is 7.11 Å². The lowest BCUT2D eigenvalue weighted by molar-refractivity contribution is 0.0207. The fraction of sp³-hybridized carbons (Fsp3) is 0.846. The zero-order chi connectivity index (χ0) is 13.1. The van der Waals surface area contributed by atoms with Crippen LogP contribution >= 0.6 is 11.3 Å². The van der Waals surface area contributed by atoms with E-state index in [0.29, 0.717) is 17.3 Å². The smallest absolute Gasteiger partial charge is 0.294 e. The first-order valence-corrected chi connectivity index (χ1v) is 7.90. The summed E-state index contributed by atoms with van der Waals surface area (Å²) in [5, 5.41) is 13.5. The van der Waals surface area contributed by atoms with Crippen LogP contribution in [-0.2, 0) is 11.3 Å². The summed E-state index contributed by atoms with van der Waals surface area (Å²) >= 11 is 1.56. The van der Waals surface area contributed by atoms with Crippen molar-refractivity contribution in [2.24, 2.45) is 0 Å². The minimum atomic E-state index is 0.232. The Hall–Kier alpha value is -0.720. The molecule has 3 rings (SSSR count). The number of nitrogens with zero attached hydrogens (tertiary/aromatic N) is 2. The van der Waals surface area contributed by atoms with E-state index in [1.807, 2.05) is 0 Å². The molecule has 0 aromatic carbocycles. The van der Waals surface area contributed by atoms with Crippen LogP contribution in [-0.4, -0.2) is 35.6 Å². The summed E-state index contributed by atoms with van der Waals surface area (Å²) in [5.74, 6) is 0. The molecule has 2 aliphatic rings. The van der Waals surface area contributed by atoms with Gasteiger partial charge in [0.2, 0.25) is 0 Å². The third-order valence-electron chi connectivity index (χ3n) is 3.75. The molecule has 0 amide bonds. The number of nitrogens with one attached hydrogen (secondary N) is 1. The Morgan fingerprint density at radius 3 is 2.84 bits per heavy atom. The molecular weight excluding hydrogens is 262 g/mol. The van der Waals surface area contributed by atoms with E-state index >= 15 is 0 Å². The molecule has 1 aromatic rings. The molecule has 1 heterocycles. The van der Waals surface area contributed by atoms with Crippen molar-refractivity contribution in [2.45, 2.75) is 63.3 Å². The number of aromatic nitrogens is 2. The summed E-state index contributed by atoms with van der Waals surface area (Å²) in [6, 6.07) is 0.703. The van der Waals surface area contributed by atoms with Crippen LogP contribution in [0.2, 0.25) is 0 Å². The second kappa shape index (κ2) is 6.15. The summed E-state index contributed by atoms with van der Waals surface area (Å²) in [6.45, 7) is 0.817. The first-order chi connectivity index (χ1) is 9.33. The van der Waals surface area contributed by atoms with Gasteiger partial charge in [0.1, 0.15) is 11.1 Å². The number of rotatable bonds is 6. The molecule has 0 spiro atoms. The molecule has 2 unspecified atom stereocenters. The summed E-state index contributed by atoms with van der Waals surface area (Å²) in [4.78, 5) is 0. The van der Waals surface area contributed by atoms with Gasteiger partial charge in [-0.1, -0.05) is 16.4 Å². The van der Waals surface area contributed by atoms with Gasteiger partial charge in [-0.25, -0.2) is 0 Å². The second-order valence-corrected chi connectivity index (χ2v) is 6.41. The van der Waals surface area contributed by atoms with Gasteiger partial charge in [-0.15, -0.1) is 5.10 Å². The first-order valence-electron chi connectivity index (χ1n) is 7.08. The van der Waals surface area contributed by atoms with Crippen LogP contribution < -0.4 is 10.1 Å². The molecule has 0 bridgehead atoms. The largest absolute Gasteiger partial charge is 0.466 e. The maximum absolute atomic E-state index is 5.93. The molecule has 0 aliphatic heterocycles. The lowest BCUT2D eigenvalue weighted by atomic mass is 9.95. The van der Waals surface area contributed by atoms with Crippen LogP contribution in [0, 0.1) is 0 Å². The summed E-state index contributed by atoms with van der Waals surface area (Å²) < 4.78 is 11.3. The van der Waals surface area contributed by atoms with Crippen LogP contribution in [0.3, 0.4) is 0 Å². The second-order valence-electron chi connectivity index (χ2n) is 5.38. The Balaban J connectivity index is 1.48. The molecule has 1 N–H and O–H groups in total. The van der Waals surface area contributed by atoms with Gasteiger partial charge in [0.05, 0.1) is 12.6 Å². The zero-order valence-corrected chi connectivity index (χ0v) is 12.1. The Labute approximate surface area is 117 Å². The Bertz CT molecular complexity index is 408. The minimum absolute atomic E-state index is 0.232. The third-order valence-corrected chi connectivity index (χ3v) is 4.56. The van der Waals surface area contributed by atoms with Gasteiger partial charge in [0, 0.05) is 19.6 Å². The molecule has 106 valence electrons. The molecule has 2 saturated carbocycles. The van der Waals surface area contributed by atoms with Crippen molar-refractivity contribution in [1.29, 1.82) is 0 Å². The van der Waals surface area contributed by atoms with Crippen molar-refractivity contribution in [3.63, 3.8) is 0 Å². The average molecular weight is 283 g/mol. The van der Waals surface area contributed by atoms with E-state index in [1.165, 1.54) is 12.8 Å². The van der Waals surface area contributed by atoms with Crippen LogP contribution in [0.1, 0.15) is 43.5 Å². The van der Waals surface area contributed by atoms with E-state index < -0.39 is 0 Å². The van der Waals surface area contributed by atoms with Crippen molar-refractivity contribution in [3.8, 4) is 5.19 Å². The van der Waals surface area contributed by atoms with Gasteiger partial charge < -0.3 is 14.8 Å². The van der Waals surface area contributed by atoms with E-state index in [0.717, 1.165) is 37.2 Å². The summed E-state index contributed by atoms with van der Waals surface area (Å²) in [6.07, 6.45) is 7.52. The number of methoxy groups -OCH3 is 1. The van der Waals surface area contributed by atoms with Crippen molar-refractivity contribution in [1.82, 2.24) is 15.5 Å². The van der Waals surface area contributed by atoms with Crippen LogP contribution in [0.25, 0.3) is 0 Å². The maximum Gasteiger partial charge on any atom is 0.294 e. The van der Waals surface area contributed by atoms with Gasteiger partial charge in [-0.3, -0.25) is 0 Å². The number of ether oxygens (including phenoxy) is 2. The number of hydrogen-bond donors (Lipinski definition) is 1. The molecule has 2 fully saturated rings. The highest BCUT2D eigenvalue weighted by atomic mass is 32.1. The molecule has 2 atom stereocenters. The quantitative estimate of drug-likeness (QED) is 0.866. The lowest BCUT2D eigenvalue weighted by Gasteiger charge is -2.27. The normalized spacial score (nSPS) is 27.4. The molecule has 0 saturated heterocycles. The Morgan fingerprint density at radius 1 is 1.21 bits per heavy atom. The van der Waals surface area contributed by atoms with Gasteiger partial charge >= 0.3 is 0 Å². The van der Waals surface area contributed by atoms with Crippen molar-refractivity contribution >= 4 is 11.3 Å². The highest BCUT2D eigenvalue weighted by Gasteiger charge is 2.24. The SMILES string of the molecule is COC1CCCC(Oc2nnc(CNC3CC3)s2)C1. The summed E-state index contributed by atoms with van der Waals surface area (Å²) in [7, 11) is 1.78. The average Bonchev–Trinajstić information content (AvgIpc) is 3.17. The Morgan fingerprint density at radius 2 is 2.05 bits per heavy atom. The molecular formula is C13H21N3O2S. The van der Waals surface area contributed by atoms with E-state index in [9.17, 15) is 0 Å². The predicted molar refractivity (Wildman–Crippen MR) is 73.5 cm³/mol. The van der Waals surface area contributed by atoms with E-state index in [2.05, 4.69) is 15.5 Å². The molecule has 0 radical (unpaired) electrons. The van der Waals surface area contributed by atoms with Crippen molar-refractivity contribution in [3.05, 3.63) is 5.01 Å². The molecule has 1 aromatic heterocycles.